The van der Waals surface area contributed by atoms with Crippen LogP contribution in [0.5, 0.6) is 0 Å². The van der Waals surface area contributed by atoms with E-state index in [-0.39, 0.29) is 10.8 Å². The first-order valence-electron chi connectivity index (χ1n) is 9.57. The van der Waals surface area contributed by atoms with Crippen LogP contribution >= 0.6 is 0 Å². The number of primary sulfonamides is 1. The molecule has 152 valence electrons. The topological polar surface area (TPSA) is 98.3 Å². The Labute approximate surface area is 166 Å². The molecule has 7 nitrogen and oxygen atoms in total. The number of nitrogens with zero attached hydrogens (tertiary/aromatic N) is 3. The minimum absolute atomic E-state index is 0.0132. The molecule has 1 aromatic carbocycles. The van der Waals surface area contributed by atoms with Crippen LogP contribution in [0, 0.1) is 19.8 Å². The maximum atomic E-state index is 12.9. The molecule has 0 saturated heterocycles. The van der Waals surface area contributed by atoms with Crippen molar-refractivity contribution in [2.45, 2.75) is 58.4 Å². The van der Waals surface area contributed by atoms with Crippen molar-refractivity contribution in [3.8, 4) is 0 Å². The number of benzene rings is 1. The predicted octanol–water partition coefficient (Wildman–Crippen LogP) is 2.33. The van der Waals surface area contributed by atoms with Gasteiger partial charge in [0, 0.05) is 30.9 Å². The van der Waals surface area contributed by atoms with Gasteiger partial charge in [-0.3, -0.25) is 9.48 Å². The van der Waals surface area contributed by atoms with Crippen molar-refractivity contribution >= 4 is 21.6 Å². The quantitative estimate of drug-likeness (QED) is 0.799. The van der Waals surface area contributed by atoms with Crippen LogP contribution in [0.1, 0.15) is 42.8 Å². The summed E-state index contributed by atoms with van der Waals surface area (Å²) in [4.78, 5) is 14.6. The first-order valence-corrected chi connectivity index (χ1v) is 11.1. The molecule has 2 heterocycles. The standard InChI is InChI=1S/C20H28N4O3S/c1-13(2)12-24-15(4)18(14(3)22-24)7-8-20(25)23-10-9-16-5-6-17(11-19(16)23)28(21,26)27/h5-6,11,13H,7-10,12H2,1-4H3,(H2,21,26,27). The Bertz CT molecular complexity index is 1010. The van der Waals surface area contributed by atoms with Crippen LogP contribution in [0.15, 0.2) is 23.1 Å². The van der Waals surface area contributed by atoms with Gasteiger partial charge in [-0.1, -0.05) is 19.9 Å². The number of hydrogen-bond donors (Lipinski definition) is 1. The van der Waals surface area contributed by atoms with Gasteiger partial charge < -0.3 is 4.90 Å². The van der Waals surface area contributed by atoms with E-state index in [2.05, 4.69) is 18.9 Å². The van der Waals surface area contributed by atoms with Gasteiger partial charge in [-0.05, 0) is 55.9 Å². The fourth-order valence-electron chi connectivity index (χ4n) is 3.78. The molecular formula is C20H28N4O3S. The molecule has 1 aromatic heterocycles. The summed E-state index contributed by atoms with van der Waals surface area (Å²) in [5.41, 5.74) is 4.81. The largest absolute Gasteiger partial charge is 0.312 e. The first kappa shape index (κ1) is 20.5. The molecule has 0 aliphatic carbocycles. The highest BCUT2D eigenvalue weighted by Gasteiger charge is 2.26. The van der Waals surface area contributed by atoms with Crippen molar-refractivity contribution in [1.29, 1.82) is 0 Å². The second-order valence-corrected chi connectivity index (χ2v) is 9.42. The van der Waals surface area contributed by atoms with Crippen LogP contribution in [0.3, 0.4) is 0 Å². The van der Waals surface area contributed by atoms with Gasteiger partial charge in [-0.15, -0.1) is 0 Å². The van der Waals surface area contributed by atoms with Crippen molar-refractivity contribution in [3.05, 3.63) is 40.7 Å². The maximum Gasteiger partial charge on any atom is 0.238 e. The van der Waals surface area contributed by atoms with E-state index in [4.69, 9.17) is 5.14 Å². The lowest BCUT2D eigenvalue weighted by molar-refractivity contribution is -0.118. The molecule has 0 fully saturated rings. The summed E-state index contributed by atoms with van der Waals surface area (Å²) in [6.45, 7) is 9.75. The molecule has 0 bridgehead atoms. The summed E-state index contributed by atoms with van der Waals surface area (Å²) >= 11 is 0. The third-order valence-electron chi connectivity index (χ3n) is 5.24. The number of aryl methyl sites for hydroxylation is 1. The number of sulfonamides is 1. The molecule has 1 aliphatic rings. The fourth-order valence-corrected chi connectivity index (χ4v) is 4.32. The Morgan fingerprint density at radius 3 is 2.64 bits per heavy atom. The van der Waals surface area contributed by atoms with E-state index in [1.165, 1.54) is 12.1 Å². The molecule has 2 aromatic rings. The Balaban J connectivity index is 1.75. The fraction of sp³-hybridized carbons (Fsp3) is 0.500. The van der Waals surface area contributed by atoms with Gasteiger partial charge in [0.15, 0.2) is 0 Å². The number of fused-ring (bicyclic) bond motifs is 1. The van der Waals surface area contributed by atoms with Crippen molar-refractivity contribution in [2.75, 3.05) is 11.4 Å². The normalized spacial score (nSPS) is 14.0. The molecule has 0 atom stereocenters. The molecule has 1 aliphatic heterocycles. The predicted molar refractivity (Wildman–Crippen MR) is 109 cm³/mol. The zero-order valence-corrected chi connectivity index (χ0v) is 17.7. The molecule has 3 rings (SSSR count). The summed E-state index contributed by atoms with van der Waals surface area (Å²) in [7, 11) is -3.80. The third kappa shape index (κ3) is 4.12. The van der Waals surface area contributed by atoms with Crippen LogP contribution in [0.25, 0.3) is 0 Å². The van der Waals surface area contributed by atoms with E-state index in [0.717, 1.165) is 35.5 Å². The zero-order valence-electron chi connectivity index (χ0n) is 16.9. The number of aromatic nitrogens is 2. The summed E-state index contributed by atoms with van der Waals surface area (Å²) in [5, 5.41) is 9.85. The highest BCUT2D eigenvalue weighted by molar-refractivity contribution is 7.89. The van der Waals surface area contributed by atoms with E-state index in [9.17, 15) is 13.2 Å². The van der Waals surface area contributed by atoms with Crippen LogP contribution < -0.4 is 10.0 Å². The summed E-state index contributed by atoms with van der Waals surface area (Å²) in [5.74, 6) is 0.488. The Kier molecular flexibility index (Phi) is 5.63. The number of carbonyl (C=O) groups excluding carboxylic acids is 1. The lowest BCUT2D eigenvalue weighted by Gasteiger charge is -2.18. The Hall–Kier alpha value is -2.19. The van der Waals surface area contributed by atoms with Crippen molar-refractivity contribution in [2.24, 2.45) is 11.1 Å². The number of hydrogen-bond acceptors (Lipinski definition) is 4. The molecule has 28 heavy (non-hydrogen) atoms. The molecular weight excluding hydrogens is 376 g/mol. The highest BCUT2D eigenvalue weighted by Crippen LogP contribution is 2.31. The van der Waals surface area contributed by atoms with Crippen LogP contribution in [0.2, 0.25) is 0 Å². The molecule has 2 N–H and O–H groups in total. The Morgan fingerprint density at radius 1 is 1.29 bits per heavy atom. The Morgan fingerprint density at radius 2 is 2.00 bits per heavy atom. The maximum absolute atomic E-state index is 12.9. The monoisotopic (exact) mass is 404 g/mol. The van der Waals surface area contributed by atoms with Gasteiger partial charge in [0.1, 0.15) is 0 Å². The third-order valence-corrected chi connectivity index (χ3v) is 6.15. The van der Waals surface area contributed by atoms with Gasteiger partial charge in [0.05, 0.1) is 10.6 Å². The minimum atomic E-state index is -3.80. The molecule has 0 unspecified atom stereocenters. The smallest absolute Gasteiger partial charge is 0.238 e. The van der Waals surface area contributed by atoms with E-state index >= 15 is 0 Å². The highest BCUT2D eigenvalue weighted by atomic mass is 32.2. The average Bonchev–Trinajstić information content (AvgIpc) is 3.13. The number of nitrogens with two attached hydrogens (primary N) is 1. The van der Waals surface area contributed by atoms with Crippen molar-refractivity contribution < 1.29 is 13.2 Å². The SMILES string of the molecule is Cc1nn(CC(C)C)c(C)c1CCC(=O)N1CCc2ccc(S(N)(=O)=O)cc21. The van der Waals surface area contributed by atoms with Gasteiger partial charge in [0.25, 0.3) is 0 Å². The van der Waals surface area contributed by atoms with Gasteiger partial charge in [-0.25, -0.2) is 13.6 Å². The van der Waals surface area contributed by atoms with E-state index in [1.54, 1.807) is 11.0 Å². The molecule has 8 heteroatoms. The zero-order chi connectivity index (χ0) is 20.6. The van der Waals surface area contributed by atoms with Gasteiger partial charge in [0.2, 0.25) is 15.9 Å². The van der Waals surface area contributed by atoms with E-state index in [1.807, 2.05) is 18.5 Å². The summed E-state index contributed by atoms with van der Waals surface area (Å²) in [6.07, 6.45) is 1.69. The molecule has 0 spiro atoms. The number of rotatable bonds is 6. The van der Waals surface area contributed by atoms with Crippen LogP contribution in [0.4, 0.5) is 5.69 Å². The lowest BCUT2D eigenvalue weighted by Crippen LogP contribution is -2.29. The second-order valence-electron chi connectivity index (χ2n) is 7.86. The minimum Gasteiger partial charge on any atom is -0.312 e. The van der Waals surface area contributed by atoms with Gasteiger partial charge in [-0.2, -0.15) is 5.10 Å². The van der Waals surface area contributed by atoms with Crippen LogP contribution in [-0.4, -0.2) is 30.7 Å². The number of amides is 1. The summed E-state index contributed by atoms with van der Waals surface area (Å²) < 4.78 is 25.3. The molecule has 0 saturated carbocycles. The molecule has 0 radical (unpaired) electrons. The molecule has 1 amide bonds. The number of carbonyl (C=O) groups is 1. The van der Waals surface area contributed by atoms with E-state index in [0.29, 0.717) is 31.0 Å². The number of anilines is 1. The van der Waals surface area contributed by atoms with E-state index < -0.39 is 10.0 Å². The second kappa shape index (κ2) is 7.67. The van der Waals surface area contributed by atoms with Crippen LogP contribution in [-0.2, 0) is 34.2 Å². The average molecular weight is 405 g/mol. The van der Waals surface area contributed by atoms with Gasteiger partial charge >= 0.3 is 0 Å². The first-order chi connectivity index (χ1) is 13.1. The van der Waals surface area contributed by atoms with Crippen molar-refractivity contribution in [3.63, 3.8) is 0 Å². The van der Waals surface area contributed by atoms with Crippen molar-refractivity contribution in [1.82, 2.24) is 9.78 Å². The lowest BCUT2D eigenvalue weighted by atomic mass is 10.1. The summed E-state index contributed by atoms with van der Waals surface area (Å²) in [6, 6.07) is 4.75.